The maximum absolute atomic E-state index is 13.2. The molecule has 0 amide bonds. The average molecular weight is 316 g/mol. The highest BCUT2D eigenvalue weighted by molar-refractivity contribution is 7.89. The first kappa shape index (κ1) is 15.0. The molecule has 0 aliphatic carbocycles. The van der Waals surface area contributed by atoms with Crippen LogP contribution in [0.1, 0.15) is 10.6 Å². The Bertz CT molecular complexity index is 672. The highest BCUT2D eigenvalue weighted by Gasteiger charge is 2.18. The number of rotatable bonds is 6. The van der Waals surface area contributed by atoms with Crippen LogP contribution in [-0.4, -0.2) is 25.1 Å². The molecule has 0 spiro atoms. The fraction of sp³-hybridized carbons (Fsp3) is 0.250. The van der Waals surface area contributed by atoms with Crippen LogP contribution in [0, 0.1) is 5.82 Å². The van der Waals surface area contributed by atoms with Crippen molar-refractivity contribution in [3.8, 4) is 0 Å². The van der Waals surface area contributed by atoms with Gasteiger partial charge in [-0.1, -0.05) is 6.07 Å². The van der Waals surface area contributed by atoms with E-state index in [2.05, 4.69) is 9.71 Å². The highest BCUT2D eigenvalue weighted by Crippen LogP contribution is 2.17. The summed E-state index contributed by atoms with van der Waals surface area (Å²) in [5.41, 5.74) is 0.160. The molecule has 8 heteroatoms. The lowest BCUT2D eigenvalue weighted by atomic mass is 10.2. The van der Waals surface area contributed by atoms with Gasteiger partial charge in [-0.3, -0.25) is 0 Å². The molecule has 0 aliphatic heterocycles. The van der Waals surface area contributed by atoms with Gasteiger partial charge in [-0.15, -0.1) is 11.3 Å². The van der Waals surface area contributed by atoms with Crippen LogP contribution in [0.25, 0.3) is 0 Å². The Morgan fingerprint density at radius 1 is 1.40 bits per heavy atom. The number of sulfonamides is 1. The van der Waals surface area contributed by atoms with E-state index in [1.807, 2.05) is 0 Å². The van der Waals surface area contributed by atoms with Gasteiger partial charge in [0.25, 0.3) is 0 Å². The monoisotopic (exact) mass is 316 g/mol. The van der Waals surface area contributed by atoms with Crippen molar-refractivity contribution in [2.75, 3.05) is 6.54 Å². The zero-order chi connectivity index (χ0) is 14.6. The van der Waals surface area contributed by atoms with E-state index >= 15 is 0 Å². The largest absolute Gasteiger partial charge is 0.392 e. The number of hydrogen-bond donors (Lipinski definition) is 2. The molecule has 20 heavy (non-hydrogen) atoms. The van der Waals surface area contributed by atoms with Crippen LogP contribution in [0.15, 0.2) is 34.7 Å². The number of aliphatic hydroxyl groups is 1. The minimum atomic E-state index is -3.85. The number of thiazole rings is 1. The molecule has 2 aromatic rings. The third-order valence-corrected chi connectivity index (χ3v) is 4.99. The summed E-state index contributed by atoms with van der Waals surface area (Å²) in [6.45, 7) is -0.305. The first-order valence-electron chi connectivity index (χ1n) is 5.80. The van der Waals surface area contributed by atoms with Gasteiger partial charge in [0.05, 0.1) is 16.5 Å². The number of aromatic nitrogens is 1. The standard InChI is InChI=1S/C12H13FN2O3S2/c13-10-2-1-9(8-16)11(7-10)20(17,18)15-4-3-12-14-5-6-19-12/h1-2,5-7,15-16H,3-4,8H2. The lowest BCUT2D eigenvalue weighted by Gasteiger charge is -2.09. The van der Waals surface area contributed by atoms with Crippen molar-refractivity contribution >= 4 is 21.4 Å². The Morgan fingerprint density at radius 3 is 2.85 bits per heavy atom. The van der Waals surface area contributed by atoms with Crippen LogP contribution < -0.4 is 4.72 Å². The van der Waals surface area contributed by atoms with E-state index in [9.17, 15) is 12.8 Å². The van der Waals surface area contributed by atoms with E-state index in [-0.39, 0.29) is 17.0 Å². The number of hydrogen-bond acceptors (Lipinski definition) is 5. The molecular weight excluding hydrogens is 303 g/mol. The first-order chi connectivity index (χ1) is 9.53. The average Bonchev–Trinajstić information content (AvgIpc) is 2.91. The molecule has 0 saturated carbocycles. The van der Waals surface area contributed by atoms with Crippen LogP contribution in [0.2, 0.25) is 0 Å². The lowest BCUT2D eigenvalue weighted by Crippen LogP contribution is -2.27. The second-order valence-electron chi connectivity index (χ2n) is 3.98. The van der Waals surface area contributed by atoms with Crippen molar-refractivity contribution in [2.24, 2.45) is 0 Å². The highest BCUT2D eigenvalue weighted by atomic mass is 32.2. The lowest BCUT2D eigenvalue weighted by molar-refractivity contribution is 0.278. The number of aliphatic hydroxyl groups excluding tert-OH is 1. The Kier molecular flexibility index (Phi) is 4.81. The summed E-state index contributed by atoms with van der Waals surface area (Å²) in [7, 11) is -3.85. The fourth-order valence-electron chi connectivity index (χ4n) is 1.66. The minimum absolute atomic E-state index is 0.160. The summed E-state index contributed by atoms with van der Waals surface area (Å²) >= 11 is 1.43. The number of nitrogens with zero attached hydrogens (tertiary/aromatic N) is 1. The summed E-state index contributed by atoms with van der Waals surface area (Å²) in [6.07, 6.45) is 2.10. The SMILES string of the molecule is O=S(=O)(NCCc1nccs1)c1cc(F)ccc1CO. The number of halogens is 1. The van der Waals surface area contributed by atoms with E-state index in [1.54, 1.807) is 11.6 Å². The molecule has 0 bridgehead atoms. The van der Waals surface area contributed by atoms with Gasteiger partial charge in [0.2, 0.25) is 10.0 Å². The Balaban J connectivity index is 2.11. The van der Waals surface area contributed by atoms with Crippen molar-refractivity contribution in [1.29, 1.82) is 0 Å². The third kappa shape index (κ3) is 3.60. The van der Waals surface area contributed by atoms with Crippen molar-refractivity contribution in [1.82, 2.24) is 9.71 Å². The minimum Gasteiger partial charge on any atom is -0.392 e. The van der Waals surface area contributed by atoms with Gasteiger partial charge < -0.3 is 5.11 Å². The predicted molar refractivity (Wildman–Crippen MR) is 73.3 cm³/mol. The second-order valence-corrected chi connectivity index (χ2v) is 6.70. The van der Waals surface area contributed by atoms with Crippen LogP contribution in [0.5, 0.6) is 0 Å². The normalized spacial score (nSPS) is 11.7. The smallest absolute Gasteiger partial charge is 0.241 e. The van der Waals surface area contributed by atoms with Gasteiger partial charge in [0.1, 0.15) is 5.82 Å². The summed E-state index contributed by atoms with van der Waals surface area (Å²) in [6, 6.07) is 3.27. The zero-order valence-corrected chi connectivity index (χ0v) is 12.0. The van der Waals surface area contributed by atoms with Crippen molar-refractivity contribution < 1.29 is 17.9 Å². The molecule has 5 nitrogen and oxygen atoms in total. The molecule has 1 aromatic heterocycles. The van der Waals surface area contributed by atoms with E-state index in [0.717, 1.165) is 17.1 Å². The van der Waals surface area contributed by atoms with Crippen molar-refractivity contribution in [2.45, 2.75) is 17.9 Å². The van der Waals surface area contributed by atoms with Crippen LogP contribution >= 0.6 is 11.3 Å². The van der Waals surface area contributed by atoms with Gasteiger partial charge >= 0.3 is 0 Å². The topological polar surface area (TPSA) is 79.3 Å². The predicted octanol–water partition coefficient (Wildman–Crippen LogP) is 1.30. The maximum atomic E-state index is 13.2. The molecule has 1 aromatic carbocycles. The molecule has 0 radical (unpaired) electrons. The number of nitrogens with one attached hydrogen (secondary N) is 1. The van der Waals surface area contributed by atoms with Gasteiger partial charge in [0, 0.05) is 24.5 Å². The molecular formula is C12H13FN2O3S2. The summed E-state index contributed by atoms with van der Waals surface area (Å²) in [4.78, 5) is 3.80. The molecule has 2 N–H and O–H groups in total. The Labute approximate surface area is 120 Å². The molecule has 0 fully saturated rings. The molecule has 0 aliphatic rings. The molecule has 0 saturated heterocycles. The molecule has 108 valence electrons. The molecule has 0 unspecified atom stereocenters. The van der Waals surface area contributed by atoms with Crippen LogP contribution in [-0.2, 0) is 23.1 Å². The zero-order valence-electron chi connectivity index (χ0n) is 10.4. The van der Waals surface area contributed by atoms with Crippen LogP contribution in [0.4, 0.5) is 4.39 Å². The Hall–Kier alpha value is -1.35. The summed E-state index contributed by atoms with van der Waals surface area (Å²) in [5, 5.41) is 11.7. The first-order valence-corrected chi connectivity index (χ1v) is 8.16. The van der Waals surface area contributed by atoms with E-state index in [0.29, 0.717) is 6.42 Å². The summed E-state index contributed by atoms with van der Waals surface area (Å²) in [5.74, 6) is -0.664. The Morgan fingerprint density at radius 2 is 2.20 bits per heavy atom. The molecule has 2 rings (SSSR count). The van der Waals surface area contributed by atoms with Crippen molar-refractivity contribution in [3.05, 3.63) is 46.2 Å². The third-order valence-electron chi connectivity index (χ3n) is 2.60. The van der Waals surface area contributed by atoms with E-state index in [4.69, 9.17) is 5.11 Å². The maximum Gasteiger partial charge on any atom is 0.241 e. The van der Waals surface area contributed by atoms with Gasteiger partial charge in [-0.25, -0.2) is 22.5 Å². The van der Waals surface area contributed by atoms with Crippen molar-refractivity contribution in [3.63, 3.8) is 0 Å². The quantitative estimate of drug-likeness (QED) is 0.842. The van der Waals surface area contributed by atoms with E-state index < -0.39 is 22.4 Å². The van der Waals surface area contributed by atoms with Gasteiger partial charge in [-0.05, 0) is 17.7 Å². The summed E-state index contributed by atoms with van der Waals surface area (Å²) < 4.78 is 39.7. The van der Waals surface area contributed by atoms with E-state index in [1.165, 1.54) is 17.4 Å². The number of benzene rings is 1. The van der Waals surface area contributed by atoms with Crippen LogP contribution in [0.3, 0.4) is 0 Å². The fourth-order valence-corrected chi connectivity index (χ4v) is 3.55. The second kappa shape index (κ2) is 6.40. The van der Waals surface area contributed by atoms with Gasteiger partial charge in [-0.2, -0.15) is 0 Å². The molecule has 0 atom stereocenters. The van der Waals surface area contributed by atoms with Gasteiger partial charge in [0.15, 0.2) is 0 Å². The molecule has 1 heterocycles.